The molecule has 7 heteroatoms. The first-order valence-corrected chi connectivity index (χ1v) is 8.63. The van der Waals surface area contributed by atoms with Crippen LogP contribution in [0.2, 0.25) is 0 Å². The lowest BCUT2D eigenvalue weighted by Crippen LogP contribution is -2.54. The fourth-order valence-corrected chi connectivity index (χ4v) is 5.06. The number of aliphatic hydroxyl groups is 1. The fourth-order valence-electron chi connectivity index (χ4n) is 3.25. The van der Waals surface area contributed by atoms with Crippen molar-refractivity contribution in [2.45, 2.75) is 31.2 Å². The van der Waals surface area contributed by atoms with E-state index in [2.05, 4.69) is 0 Å². The van der Waals surface area contributed by atoms with Crippen LogP contribution in [0.4, 0.5) is 0 Å². The Bertz CT molecular complexity index is 672. The summed E-state index contributed by atoms with van der Waals surface area (Å²) in [5.74, 6) is -1.46. The molecule has 0 aromatic heterocycles. The molecule has 21 heavy (non-hydrogen) atoms. The third-order valence-corrected chi connectivity index (χ3v) is 5.99. The Hall–Kier alpha value is -1.44. The van der Waals surface area contributed by atoms with Gasteiger partial charge in [0.1, 0.15) is 6.04 Å². The molecule has 1 aromatic carbocycles. The van der Waals surface area contributed by atoms with Crippen molar-refractivity contribution < 1.29 is 23.4 Å². The monoisotopic (exact) mass is 311 g/mol. The van der Waals surface area contributed by atoms with E-state index in [0.717, 1.165) is 11.1 Å². The summed E-state index contributed by atoms with van der Waals surface area (Å²) in [6, 6.07) is 6.10. The van der Waals surface area contributed by atoms with Crippen molar-refractivity contribution >= 4 is 15.8 Å². The second-order valence-corrected chi connectivity index (χ2v) is 7.86. The molecular formula is C14H17NO5S. The van der Waals surface area contributed by atoms with Crippen molar-refractivity contribution in [2.75, 3.05) is 11.5 Å². The molecule has 1 aromatic rings. The van der Waals surface area contributed by atoms with Crippen LogP contribution in [0.25, 0.3) is 0 Å². The Labute approximate surface area is 122 Å². The molecule has 0 bridgehead atoms. The summed E-state index contributed by atoms with van der Waals surface area (Å²) in [6.07, 6.45) is -0.698. The summed E-state index contributed by atoms with van der Waals surface area (Å²) >= 11 is 0. The number of fused-ring (bicyclic) bond motifs is 1. The Morgan fingerprint density at radius 2 is 1.86 bits per heavy atom. The van der Waals surface area contributed by atoms with Gasteiger partial charge < -0.3 is 10.2 Å². The standard InChI is InChI=1S/C14H17NO5S/c16-13-8-21(19,20)7-12(13)15-6-10-4-2-1-3-9(10)5-11(15)14(17)18/h1-4,11-13,16H,5-8H2,(H,17,18)/t11-,12?,13?/m0/s1. The first-order valence-electron chi connectivity index (χ1n) is 6.81. The second-order valence-electron chi connectivity index (χ2n) is 5.71. The molecule has 3 atom stereocenters. The molecule has 0 aliphatic carbocycles. The maximum atomic E-state index is 11.7. The number of hydrogen-bond donors (Lipinski definition) is 2. The van der Waals surface area contributed by atoms with E-state index >= 15 is 0 Å². The number of aliphatic carboxylic acids is 1. The zero-order valence-electron chi connectivity index (χ0n) is 11.3. The van der Waals surface area contributed by atoms with Crippen LogP contribution in [-0.4, -0.2) is 59.2 Å². The Morgan fingerprint density at radius 3 is 2.43 bits per heavy atom. The molecule has 3 rings (SSSR count). The highest BCUT2D eigenvalue weighted by Crippen LogP contribution is 2.29. The topological polar surface area (TPSA) is 94.9 Å². The third kappa shape index (κ3) is 2.68. The number of nitrogens with zero attached hydrogens (tertiary/aromatic N) is 1. The normalized spacial score (nSPS) is 31.8. The fraction of sp³-hybridized carbons (Fsp3) is 0.500. The molecule has 0 radical (unpaired) electrons. The molecule has 2 unspecified atom stereocenters. The number of carboxylic acid groups (broad SMARTS) is 1. The molecule has 2 heterocycles. The number of carbonyl (C=O) groups is 1. The van der Waals surface area contributed by atoms with E-state index < -0.39 is 34.0 Å². The molecule has 0 amide bonds. The SMILES string of the molecule is O=C(O)[C@@H]1Cc2ccccc2CN1C1CS(=O)(=O)CC1O. The summed E-state index contributed by atoms with van der Waals surface area (Å²) in [6.45, 7) is 0.352. The molecule has 2 aliphatic heterocycles. The summed E-state index contributed by atoms with van der Waals surface area (Å²) in [7, 11) is -3.31. The van der Waals surface area contributed by atoms with Gasteiger partial charge in [0.25, 0.3) is 0 Å². The maximum absolute atomic E-state index is 11.7. The Kier molecular flexibility index (Phi) is 3.51. The van der Waals surface area contributed by atoms with Gasteiger partial charge in [-0.1, -0.05) is 24.3 Å². The van der Waals surface area contributed by atoms with Crippen LogP contribution in [0.3, 0.4) is 0 Å². The Balaban J connectivity index is 1.95. The van der Waals surface area contributed by atoms with Crippen molar-refractivity contribution in [1.29, 1.82) is 0 Å². The van der Waals surface area contributed by atoms with Gasteiger partial charge in [-0.05, 0) is 17.5 Å². The molecule has 0 spiro atoms. The lowest BCUT2D eigenvalue weighted by molar-refractivity contribution is -0.145. The largest absolute Gasteiger partial charge is 0.480 e. The van der Waals surface area contributed by atoms with Gasteiger partial charge in [0, 0.05) is 6.54 Å². The van der Waals surface area contributed by atoms with Gasteiger partial charge in [0.15, 0.2) is 9.84 Å². The van der Waals surface area contributed by atoms with Gasteiger partial charge in [-0.15, -0.1) is 0 Å². The van der Waals surface area contributed by atoms with Gasteiger partial charge in [0.2, 0.25) is 0 Å². The van der Waals surface area contributed by atoms with E-state index in [-0.39, 0.29) is 11.5 Å². The highest BCUT2D eigenvalue weighted by Gasteiger charge is 2.45. The zero-order chi connectivity index (χ0) is 15.2. The van der Waals surface area contributed by atoms with Crippen molar-refractivity contribution in [3.8, 4) is 0 Å². The number of benzene rings is 1. The molecule has 2 N–H and O–H groups in total. The molecule has 114 valence electrons. The van der Waals surface area contributed by atoms with Crippen LogP contribution in [0.15, 0.2) is 24.3 Å². The molecule has 1 saturated heterocycles. The maximum Gasteiger partial charge on any atom is 0.321 e. The Morgan fingerprint density at radius 1 is 1.19 bits per heavy atom. The quantitative estimate of drug-likeness (QED) is 0.775. The van der Waals surface area contributed by atoms with Crippen LogP contribution in [0, 0.1) is 0 Å². The number of carboxylic acids is 1. The van der Waals surface area contributed by atoms with E-state index in [1.807, 2.05) is 24.3 Å². The van der Waals surface area contributed by atoms with Crippen molar-refractivity contribution in [3.63, 3.8) is 0 Å². The van der Waals surface area contributed by atoms with Crippen molar-refractivity contribution in [1.82, 2.24) is 4.90 Å². The average molecular weight is 311 g/mol. The van der Waals surface area contributed by atoms with Crippen LogP contribution >= 0.6 is 0 Å². The molecule has 6 nitrogen and oxygen atoms in total. The smallest absolute Gasteiger partial charge is 0.321 e. The van der Waals surface area contributed by atoms with E-state index in [4.69, 9.17) is 0 Å². The number of sulfone groups is 1. The lowest BCUT2D eigenvalue weighted by Gasteiger charge is -2.39. The van der Waals surface area contributed by atoms with E-state index in [9.17, 15) is 23.4 Å². The van der Waals surface area contributed by atoms with Gasteiger partial charge in [-0.25, -0.2) is 8.42 Å². The van der Waals surface area contributed by atoms with Gasteiger partial charge >= 0.3 is 5.97 Å². The molecule has 1 fully saturated rings. The van der Waals surface area contributed by atoms with Crippen LogP contribution in [-0.2, 0) is 27.6 Å². The van der Waals surface area contributed by atoms with E-state index in [1.165, 1.54) is 0 Å². The molecule has 2 aliphatic rings. The minimum atomic E-state index is -3.31. The highest BCUT2D eigenvalue weighted by atomic mass is 32.2. The van der Waals surface area contributed by atoms with Crippen LogP contribution in [0.1, 0.15) is 11.1 Å². The third-order valence-electron chi connectivity index (χ3n) is 4.29. The summed E-state index contributed by atoms with van der Waals surface area (Å²) in [4.78, 5) is 13.2. The average Bonchev–Trinajstić information content (AvgIpc) is 2.70. The molecular weight excluding hydrogens is 294 g/mol. The number of hydrogen-bond acceptors (Lipinski definition) is 5. The summed E-state index contributed by atoms with van der Waals surface area (Å²) in [5, 5.41) is 19.4. The predicted molar refractivity (Wildman–Crippen MR) is 75.6 cm³/mol. The van der Waals surface area contributed by atoms with Crippen LogP contribution < -0.4 is 0 Å². The first kappa shape index (κ1) is 14.5. The van der Waals surface area contributed by atoms with E-state index in [0.29, 0.717) is 13.0 Å². The zero-order valence-corrected chi connectivity index (χ0v) is 12.2. The van der Waals surface area contributed by atoms with Gasteiger partial charge in [-0.2, -0.15) is 0 Å². The van der Waals surface area contributed by atoms with Crippen LogP contribution in [0.5, 0.6) is 0 Å². The minimum absolute atomic E-state index is 0.180. The minimum Gasteiger partial charge on any atom is -0.480 e. The highest BCUT2D eigenvalue weighted by molar-refractivity contribution is 7.91. The van der Waals surface area contributed by atoms with Crippen molar-refractivity contribution in [3.05, 3.63) is 35.4 Å². The van der Waals surface area contributed by atoms with Crippen molar-refractivity contribution in [2.24, 2.45) is 0 Å². The lowest BCUT2D eigenvalue weighted by atomic mass is 9.92. The first-order chi connectivity index (χ1) is 9.87. The van der Waals surface area contributed by atoms with Gasteiger partial charge in [-0.3, -0.25) is 9.69 Å². The summed E-state index contributed by atoms with van der Waals surface area (Å²) < 4.78 is 23.4. The second kappa shape index (κ2) is 5.08. The summed E-state index contributed by atoms with van der Waals surface area (Å²) in [5.41, 5.74) is 1.96. The predicted octanol–water partition coefficient (Wildman–Crippen LogP) is -0.344. The van der Waals surface area contributed by atoms with Gasteiger partial charge in [0.05, 0.1) is 23.7 Å². The number of rotatable bonds is 2. The number of aliphatic hydroxyl groups excluding tert-OH is 1. The molecule has 0 saturated carbocycles. The van der Waals surface area contributed by atoms with E-state index in [1.54, 1.807) is 4.90 Å².